The molecule has 1 fully saturated rings. The summed E-state index contributed by atoms with van der Waals surface area (Å²) in [6, 6.07) is 0. The molecule has 6 nitrogen and oxygen atoms in total. The largest absolute Gasteiger partial charge is 0.377 e. The van der Waals surface area contributed by atoms with Gasteiger partial charge in [-0.1, -0.05) is 0 Å². The Balaban J connectivity index is 2.42. The van der Waals surface area contributed by atoms with Crippen LogP contribution in [0.5, 0.6) is 0 Å². The van der Waals surface area contributed by atoms with Gasteiger partial charge >= 0.3 is 5.69 Å². The van der Waals surface area contributed by atoms with Gasteiger partial charge in [0.1, 0.15) is 5.25 Å². The molecule has 0 bridgehead atoms. The Kier molecular flexibility index (Phi) is 1.76. The molecule has 1 aromatic rings. The lowest BCUT2D eigenvalue weighted by molar-refractivity contribution is 0.367. The van der Waals surface area contributed by atoms with E-state index >= 15 is 0 Å². The predicted octanol–water partition coefficient (Wildman–Crippen LogP) is -0.387. The molecule has 0 amide bonds. The summed E-state index contributed by atoms with van der Waals surface area (Å²) >= 11 is 0. The van der Waals surface area contributed by atoms with Crippen LogP contribution in [0, 0.1) is 0 Å². The summed E-state index contributed by atoms with van der Waals surface area (Å²) in [5.41, 5.74) is -0.642. The Morgan fingerprint density at radius 1 is 1.54 bits per heavy atom. The van der Waals surface area contributed by atoms with Crippen molar-refractivity contribution in [3.63, 3.8) is 0 Å². The topological polar surface area (TPSA) is 93.0 Å². The standard InChI is InChI=1S/C6H8N2O4S/c9-6-7-5(12-8-6)4-2-1-3-13(4,10)11/h4H,1-3H2,(H,8,9). The van der Waals surface area contributed by atoms with E-state index in [1.807, 2.05) is 5.16 Å². The molecule has 0 aromatic carbocycles. The molecule has 7 heteroatoms. The fraction of sp³-hybridized carbons (Fsp3) is 0.667. The smallest absolute Gasteiger partial charge is 0.361 e. The lowest BCUT2D eigenvalue weighted by atomic mass is 10.2. The van der Waals surface area contributed by atoms with Crippen LogP contribution in [0.2, 0.25) is 0 Å². The number of aromatic nitrogens is 2. The molecule has 1 saturated heterocycles. The fourth-order valence-electron chi connectivity index (χ4n) is 1.45. The van der Waals surface area contributed by atoms with Crippen LogP contribution in [-0.2, 0) is 9.84 Å². The molecule has 0 spiro atoms. The fourth-order valence-corrected chi connectivity index (χ4v) is 3.24. The van der Waals surface area contributed by atoms with Crippen molar-refractivity contribution in [2.24, 2.45) is 0 Å². The van der Waals surface area contributed by atoms with Crippen LogP contribution in [0.1, 0.15) is 24.0 Å². The number of rotatable bonds is 1. The highest BCUT2D eigenvalue weighted by Gasteiger charge is 2.36. The number of nitrogens with one attached hydrogen (secondary N) is 1. The molecular weight excluding hydrogens is 196 g/mol. The van der Waals surface area contributed by atoms with Gasteiger partial charge < -0.3 is 4.52 Å². The highest BCUT2D eigenvalue weighted by atomic mass is 32.2. The lowest BCUT2D eigenvalue weighted by Crippen LogP contribution is -2.10. The molecular formula is C6H8N2O4S. The Labute approximate surface area is 73.9 Å². The number of aromatic amines is 1. The van der Waals surface area contributed by atoms with E-state index in [9.17, 15) is 13.2 Å². The summed E-state index contributed by atoms with van der Waals surface area (Å²) < 4.78 is 27.4. The molecule has 2 heterocycles. The molecule has 1 aromatic heterocycles. The van der Waals surface area contributed by atoms with Crippen molar-refractivity contribution in [3.05, 3.63) is 16.4 Å². The number of nitrogens with zero attached hydrogens (tertiary/aromatic N) is 1. The number of H-pyrrole nitrogens is 1. The van der Waals surface area contributed by atoms with Gasteiger partial charge in [0.25, 0.3) is 0 Å². The van der Waals surface area contributed by atoms with E-state index in [4.69, 9.17) is 0 Å². The van der Waals surface area contributed by atoms with Crippen molar-refractivity contribution in [3.8, 4) is 0 Å². The second-order valence-electron chi connectivity index (χ2n) is 2.96. The molecule has 0 saturated carbocycles. The van der Waals surface area contributed by atoms with Crippen LogP contribution in [-0.4, -0.2) is 24.3 Å². The second-order valence-corrected chi connectivity index (χ2v) is 5.26. The van der Waals surface area contributed by atoms with Crippen molar-refractivity contribution < 1.29 is 12.9 Å². The Morgan fingerprint density at radius 2 is 2.31 bits per heavy atom. The molecule has 1 N–H and O–H groups in total. The third-order valence-electron chi connectivity index (χ3n) is 2.06. The predicted molar refractivity (Wildman–Crippen MR) is 42.9 cm³/mol. The van der Waals surface area contributed by atoms with Gasteiger partial charge in [0, 0.05) is 0 Å². The van der Waals surface area contributed by atoms with Crippen molar-refractivity contribution in [1.29, 1.82) is 0 Å². The maximum Gasteiger partial charge on any atom is 0.377 e. The summed E-state index contributed by atoms with van der Waals surface area (Å²) in [6.07, 6.45) is 1.08. The minimum Gasteiger partial charge on any atom is -0.361 e. The molecule has 1 unspecified atom stereocenters. The number of hydrogen-bond donors (Lipinski definition) is 1. The van der Waals surface area contributed by atoms with Crippen LogP contribution in [0.25, 0.3) is 0 Å². The summed E-state index contributed by atoms with van der Waals surface area (Å²) in [4.78, 5) is 14.0. The minimum absolute atomic E-state index is 0.0116. The van der Waals surface area contributed by atoms with Crippen molar-refractivity contribution >= 4 is 9.84 Å². The molecule has 1 aliphatic rings. The summed E-state index contributed by atoms with van der Waals surface area (Å²) in [5.74, 6) is 0.135. The van der Waals surface area contributed by atoms with E-state index in [-0.39, 0.29) is 11.6 Å². The van der Waals surface area contributed by atoms with Crippen LogP contribution >= 0.6 is 0 Å². The Bertz CT molecular complexity index is 457. The molecule has 2 rings (SSSR count). The quantitative estimate of drug-likeness (QED) is 0.672. The normalized spacial score (nSPS) is 26.3. The van der Waals surface area contributed by atoms with E-state index in [0.29, 0.717) is 12.8 Å². The first-order chi connectivity index (χ1) is 6.09. The van der Waals surface area contributed by atoms with Crippen molar-refractivity contribution in [2.75, 3.05) is 5.75 Å². The van der Waals surface area contributed by atoms with E-state index in [2.05, 4.69) is 9.51 Å². The van der Waals surface area contributed by atoms with Crippen LogP contribution < -0.4 is 5.69 Å². The third kappa shape index (κ3) is 1.39. The van der Waals surface area contributed by atoms with Crippen molar-refractivity contribution in [1.82, 2.24) is 10.1 Å². The second kappa shape index (κ2) is 2.69. The van der Waals surface area contributed by atoms with E-state index in [0.717, 1.165) is 0 Å². The van der Waals surface area contributed by atoms with Gasteiger partial charge in [-0.05, 0) is 12.8 Å². The van der Waals surface area contributed by atoms with E-state index < -0.39 is 20.8 Å². The van der Waals surface area contributed by atoms with Gasteiger partial charge in [0.15, 0.2) is 9.84 Å². The molecule has 0 aliphatic carbocycles. The Hall–Kier alpha value is -1.11. The summed E-state index contributed by atoms with van der Waals surface area (Å²) in [7, 11) is -3.14. The van der Waals surface area contributed by atoms with Gasteiger partial charge in [-0.15, -0.1) is 0 Å². The van der Waals surface area contributed by atoms with E-state index in [1.165, 1.54) is 0 Å². The number of sulfone groups is 1. The van der Waals surface area contributed by atoms with Gasteiger partial charge in [0.05, 0.1) is 5.75 Å². The SMILES string of the molecule is O=c1nc(C2CCCS2(=O)=O)o[nH]1. The summed E-state index contributed by atoms with van der Waals surface area (Å²) in [6.45, 7) is 0. The average Bonchev–Trinajstić information content (AvgIpc) is 2.56. The molecule has 72 valence electrons. The average molecular weight is 204 g/mol. The van der Waals surface area contributed by atoms with Crippen LogP contribution in [0.3, 0.4) is 0 Å². The van der Waals surface area contributed by atoms with Crippen molar-refractivity contribution in [2.45, 2.75) is 18.1 Å². The number of hydrogen-bond acceptors (Lipinski definition) is 5. The third-order valence-corrected chi connectivity index (χ3v) is 4.22. The summed E-state index contributed by atoms with van der Waals surface area (Å²) in [5, 5.41) is 1.25. The Morgan fingerprint density at radius 3 is 2.77 bits per heavy atom. The zero-order valence-corrected chi connectivity index (χ0v) is 7.50. The highest BCUT2D eigenvalue weighted by Crippen LogP contribution is 2.32. The molecule has 0 radical (unpaired) electrons. The lowest BCUT2D eigenvalue weighted by Gasteiger charge is -2.00. The zero-order chi connectivity index (χ0) is 9.47. The maximum absolute atomic E-state index is 11.4. The zero-order valence-electron chi connectivity index (χ0n) is 6.69. The van der Waals surface area contributed by atoms with Gasteiger partial charge in [-0.25, -0.2) is 13.2 Å². The highest BCUT2D eigenvalue weighted by molar-refractivity contribution is 7.91. The van der Waals surface area contributed by atoms with Crippen LogP contribution in [0.15, 0.2) is 9.32 Å². The van der Waals surface area contributed by atoms with Gasteiger partial charge in [0.2, 0.25) is 5.89 Å². The van der Waals surface area contributed by atoms with Crippen LogP contribution in [0.4, 0.5) is 0 Å². The monoisotopic (exact) mass is 204 g/mol. The van der Waals surface area contributed by atoms with E-state index in [1.54, 1.807) is 0 Å². The molecule has 1 aliphatic heterocycles. The maximum atomic E-state index is 11.4. The molecule has 13 heavy (non-hydrogen) atoms. The first-order valence-corrected chi connectivity index (χ1v) is 5.58. The minimum atomic E-state index is -3.14. The first-order valence-electron chi connectivity index (χ1n) is 3.86. The van der Waals surface area contributed by atoms with Gasteiger partial charge in [-0.3, -0.25) is 0 Å². The van der Waals surface area contributed by atoms with Gasteiger partial charge in [-0.2, -0.15) is 10.1 Å². The molecule has 1 atom stereocenters. The first kappa shape index (κ1) is 8.49.